The van der Waals surface area contributed by atoms with E-state index >= 15 is 0 Å². The van der Waals surface area contributed by atoms with Crippen LogP contribution in [0.4, 0.5) is 0 Å². The lowest BCUT2D eigenvalue weighted by atomic mass is 9.81. The fraction of sp³-hybridized carbons (Fsp3) is 0.833. The van der Waals surface area contributed by atoms with Crippen LogP contribution in [0.2, 0.25) is 0 Å². The topological polar surface area (TPSA) is 29.9 Å². The molecule has 0 radical (unpaired) electrons. The van der Waals surface area contributed by atoms with E-state index in [4.69, 9.17) is 5.10 Å². The van der Waals surface area contributed by atoms with E-state index < -0.39 is 0 Å². The van der Waals surface area contributed by atoms with Crippen molar-refractivity contribution in [2.45, 2.75) is 72.3 Å². The van der Waals surface area contributed by atoms with Crippen molar-refractivity contribution in [2.24, 2.45) is 11.3 Å². The van der Waals surface area contributed by atoms with Crippen LogP contribution in [0.3, 0.4) is 0 Å². The molecule has 2 rings (SSSR count). The molecule has 0 amide bonds. The van der Waals surface area contributed by atoms with Gasteiger partial charge in [0.2, 0.25) is 0 Å². The molecule has 1 heterocycles. The van der Waals surface area contributed by atoms with E-state index in [1.807, 2.05) is 0 Å². The van der Waals surface area contributed by atoms with Gasteiger partial charge in [-0.05, 0) is 56.6 Å². The number of aromatic nitrogens is 2. The first-order chi connectivity index (χ1) is 10.0. The van der Waals surface area contributed by atoms with Crippen molar-refractivity contribution >= 4 is 0 Å². The second kappa shape index (κ2) is 7.44. The minimum atomic E-state index is 0.448. The zero-order valence-electron chi connectivity index (χ0n) is 14.4. The third-order valence-corrected chi connectivity index (χ3v) is 4.98. The molecule has 0 aromatic carbocycles. The Labute approximate surface area is 130 Å². The Balaban J connectivity index is 1.97. The average Bonchev–Trinajstić information content (AvgIpc) is 3.08. The summed E-state index contributed by atoms with van der Waals surface area (Å²) >= 11 is 0. The highest BCUT2D eigenvalue weighted by Crippen LogP contribution is 2.40. The molecule has 1 fully saturated rings. The van der Waals surface area contributed by atoms with Crippen LogP contribution in [0.15, 0.2) is 12.3 Å². The van der Waals surface area contributed by atoms with E-state index in [1.54, 1.807) is 0 Å². The van der Waals surface area contributed by atoms with Gasteiger partial charge >= 0.3 is 0 Å². The third-order valence-electron chi connectivity index (χ3n) is 4.98. The molecule has 1 aliphatic rings. The summed E-state index contributed by atoms with van der Waals surface area (Å²) in [7, 11) is 0. The van der Waals surface area contributed by atoms with Crippen LogP contribution >= 0.6 is 0 Å². The quantitative estimate of drug-likeness (QED) is 0.778. The van der Waals surface area contributed by atoms with Crippen LogP contribution in [0, 0.1) is 11.3 Å². The van der Waals surface area contributed by atoms with E-state index in [9.17, 15) is 0 Å². The van der Waals surface area contributed by atoms with Gasteiger partial charge in [-0.1, -0.05) is 33.6 Å². The number of nitrogens with one attached hydrogen (secondary N) is 1. The predicted molar refractivity (Wildman–Crippen MR) is 89.5 cm³/mol. The molecule has 120 valence electrons. The highest BCUT2D eigenvalue weighted by molar-refractivity contribution is 5.05. The minimum absolute atomic E-state index is 0.448. The number of rotatable bonds is 8. The molecule has 1 atom stereocenters. The summed E-state index contributed by atoms with van der Waals surface area (Å²) < 4.78 is 2.14. The summed E-state index contributed by atoms with van der Waals surface area (Å²) in [5.74, 6) is 0.730. The fourth-order valence-corrected chi connectivity index (χ4v) is 3.46. The van der Waals surface area contributed by atoms with E-state index in [0.717, 1.165) is 31.8 Å². The minimum Gasteiger partial charge on any atom is -0.316 e. The van der Waals surface area contributed by atoms with Gasteiger partial charge in [-0.2, -0.15) is 5.10 Å². The summed E-state index contributed by atoms with van der Waals surface area (Å²) in [6, 6.07) is 2.74. The summed E-state index contributed by atoms with van der Waals surface area (Å²) in [5.41, 5.74) is 1.73. The molecule has 0 saturated heterocycles. The van der Waals surface area contributed by atoms with Gasteiger partial charge in [0.05, 0.1) is 5.69 Å². The van der Waals surface area contributed by atoms with Crippen LogP contribution in [-0.2, 0) is 6.42 Å². The normalized spacial score (nSPS) is 19.3. The molecule has 3 heteroatoms. The highest BCUT2D eigenvalue weighted by Gasteiger charge is 2.34. The Morgan fingerprint density at radius 3 is 2.62 bits per heavy atom. The molecule has 1 unspecified atom stereocenters. The Morgan fingerprint density at radius 1 is 1.29 bits per heavy atom. The number of hydrogen-bond acceptors (Lipinski definition) is 2. The first-order valence-corrected chi connectivity index (χ1v) is 8.79. The largest absolute Gasteiger partial charge is 0.316 e. The standard InChI is InChI=1S/C18H33N3/c1-5-16(4)21-11-8-17(20-21)12-18(9-6-7-10-18)14-19-13-15(2)3/h8,11,15-16,19H,5-7,9-10,12-14H2,1-4H3. The van der Waals surface area contributed by atoms with Crippen LogP contribution in [0.5, 0.6) is 0 Å². The Morgan fingerprint density at radius 2 is 2.00 bits per heavy atom. The summed E-state index contributed by atoms with van der Waals surface area (Å²) in [6.45, 7) is 11.3. The van der Waals surface area contributed by atoms with E-state index in [1.165, 1.54) is 31.4 Å². The van der Waals surface area contributed by atoms with Crippen molar-refractivity contribution in [3.05, 3.63) is 18.0 Å². The smallest absolute Gasteiger partial charge is 0.0630 e. The van der Waals surface area contributed by atoms with Crippen molar-refractivity contribution in [1.29, 1.82) is 0 Å². The van der Waals surface area contributed by atoms with Gasteiger partial charge in [0.25, 0.3) is 0 Å². The van der Waals surface area contributed by atoms with Gasteiger partial charge < -0.3 is 5.32 Å². The molecule has 1 aromatic rings. The molecule has 1 aromatic heterocycles. The Bertz CT molecular complexity index is 416. The molecule has 21 heavy (non-hydrogen) atoms. The predicted octanol–water partition coefficient (Wildman–Crippen LogP) is 4.20. The lowest BCUT2D eigenvalue weighted by molar-refractivity contribution is 0.269. The van der Waals surface area contributed by atoms with E-state index in [0.29, 0.717) is 11.5 Å². The molecular weight excluding hydrogens is 258 g/mol. The highest BCUT2D eigenvalue weighted by atomic mass is 15.3. The molecule has 0 aliphatic heterocycles. The average molecular weight is 291 g/mol. The van der Waals surface area contributed by atoms with Gasteiger partial charge in [0, 0.05) is 18.8 Å². The van der Waals surface area contributed by atoms with Gasteiger partial charge in [-0.3, -0.25) is 4.68 Å². The lowest BCUT2D eigenvalue weighted by Crippen LogP contribution is -2.35. The molecule has 1 N–H and O–H groups in total. The van der Waals surface area contributed by atoms with Crippen LogP contribution in [-0.4, -0.2) is 22.9 Å². The maximum absolute atomic E-state index is 4.82. The van der Waals surface area contributed by atoms with Crippen molar-refractivity contribution < 1.29 is 0 Å². The van der Waals surface area contributed by atoms with Crippen molar-refractivity contribution in [2.75, 3.05) is 13.1 Å². The van der Waals surface area contributed by atoms with Crippen LogP contribution in [0.1, 0.15) is 71.5 Å². The second-order valence-electron chi connectivity index (χ2n) is 7.45. The summed E-state index contributed by atoms with van der Waals surface area (Å²) in [6.07, 6.45) is 9.92. The van der Waals surface area contributed by atoms with Gasteiger partial charge in [-0.25, -0.2) is 0 Å². The number of nitrogens with zero attached hydrogens (tertiary/aromatic N) is 2. The Hall–Kier alpha value is -0.830. The SMILES string of the molecule is CCC(C)n1ccc(CC2(CNCC(C)C)CCCC2)n1. The molecule has 0 bridgehead atoms. The zero-order valence-corrected chi connectivity index (χ0v) is 14.4. The third kappa shape index (κ3) is 4.57. The van der Waals surface area contributed by atoms with E-state index in [2.05, 4.69) is 50.0 Å². The van der Waals surface area contributed by atoms with Crippen LogP contribution in [0.25, 0.3) is 0 Å². The monoisotopic (exact) mass is 291 g/mol. The molecular formula is C18H33N3. The van der Waals surface area contributed by atoms with Gasteiger partial charge in [0.1, 0.15) is 0 Å². The Kier molecular flexibility index (Phi) is 5.86. The molecule has 0 spiro atoms. The lowest BCUT2D eigenvalue weighted by Gasteiger charge is -2.29. The molecule has 1 saturated carbocycles. The van der Waals surface area contributed by atoms with Crippen molar-refractivity contribution in [3.63, 3.8) is 0 Å². The van der Waals surface area contributed by atoms with Gasteiger partial charge in [-0.15, -0.1) is 0 Å². The van der Waals surface area contributed by atoms with Gasteiger partial charge in [0.15, 0.2) is 0 Å². The number of hydrogen-bond donors (Lipinski definition) is 1. The summed E-state index contributed by atoms with van der Waals surface area (Å²) in [5, 5.41) is 8.52. The zero-order chi connectivity index (χ0) is 15.3. The van der Waals surface area contributed by atoms with Crippen molar-refractivity contribution in [3.8, 4) is 0 Å². The summed E-state index contributed by atoms with van der Waals surface area (Å²) in [4.78, 5) is 0. The maximum atomic E-state index is 4.82. The molecule has 1 aliphatic carbocycles. The molecule has 3 nitrogen and oxygen atoms in total. The maximum Gasteiger partial charge on any atom is 0.0630 e. The first-order valence-electron chi connectivity index (χ1n) is 8.79. The van der Waals surface area contributed by atoms with Crippen molar-refractivity contribution in [1.82, 2.24) is 15.1 Å². The van der Waals surface area contributed by atoms with Crippen LogP contribution < -0.4 is 5.32 Å². The van der Waals surface area contributed by atoms with E-state index in [-0.39, 0.29) is 0 Å². The second-order valence-corrected chi connectivity index (χ2v) is 7.45. The first kappa shape index (κ1) is 16.5. The fourth-order valence-electron chi connectivity index (χ4n) is 3.46.